The van der Waals surface area contributed by atoms with Crippen LogP contribution < -0.4 is 9.99 Å². The van der Waals surface area contributed by atoms with Gasteiger partial charge in [0.15, 0.2) is 12.4 Å². The fourth-order valence-electron chi connectivity index (χ4n) is 2.96. The molecule has 1 heterocycles. The minimum absolute atomic E-state index is 0.266. The van der Waals surface area contributed by atoms with Gasteiger partial charge in [0.1, 0.15) is 12.4 Å². The first kappa shape index (κ1) is 28.3. The van der Waals surface area contributed by atoms with Crippen molar-refractivity contribution in [2.45, 2.75) is 64.8 Å². The Bertz CT molecular complexity index is 821. The van der Waals surface area contributed by atoms with Crippen LogP contribution >= 0.6 is 0 Å². The van der Waals surface area contributed by atoms with E-state index in [9.17, 15) is 26.4 Å². The molecule has 0 spiro atoms. The van der Waals surface area contributed by atoms with Gasteiger partial charge in [0, 0.05) is 18.6 Å². The summed E-state index contributed by atoms with van der Waals surface area (Å²) in [5, 5.41) is 3.91. The van der Waals surface area contributed by atoms with Gasteiger partial charge < -0.3 is 17.3 Å². The van der Waals surface area contributed by atoms with E-state index in [1.54, 1.807) is 24.3 Å². The van der Waals surface area contributed by atoms with Gasteiger partial charge >= 0.3 is 7.25 Å². The molecule has 0 radical (unpaired) electrons. The molecule has 0 saturated carbocycles. The van der Waals surface area contributed by atoms with Crippen molar-refractivity contribution >= 4 is 19.4 Å². The van der Waals surface area contributed by atoms with E-state index in [2.05, 4.69) is 22.0 Å². The van der Waals surface area contributed by atoms with E-state index >= 15 is 0 Å². The number of benzene rings is 1. The first-order valence-corrected chi connectivity index (χ1v) is 11.1. The van der Waals surface area contributed by atoms with Crippen molar-refractivity contribution in [2.24, 2.45) is 5.10 Å². The highest BCUT2D eigenvalue weighted by Crippen LogP contribution is 2.08. The van der Waals surface area contributed by atoms with Gasteiger partial charge in [0.2, 0.25) is 0 Å². The number of nitrogens with zero attached hydrogens (tertiary/aromatic N) is 2. The number of unbranched alkanes of at least 4 members (excludes halogenated alkanes) is 7. The lowest BCUT2D eigenvalue weighted by Crippen LogP contribution is -2.33. The first-order chi connectivity index (χ1) is 15.7. The molecule has 10 heteroatoms. The molecule has 0 aliphatic rings. The molecule has 1 aromatic heterocycles. The van der Waals surface area contributed by atoms with Gasteiger partial charge in [-0.2, -0.15) is 5.10 Å². The number of aromatic nitrogens is 1. The maximum Gasteiger partial charge on any atom is 0.673 e. The number of hydrogen-bond donors (Lipinski definition) is 1. The summed E-state index contributed by atoms with van der Waals surface area (Å²) in [7, 11) is -6.00. The zero-order valence-electron chi connectivity index (χ0n) is 18.8. The molecule has 0 saturated heterocycles. The van der Waals surface area contributed by atoms with Gasteiger partial charge in [-0.1, -0.05) is 57.6 Å². The van der Waals surface area contributed by atoms with E-state index < -0.39 is 7.25 Å². The van der Waals surface area contributed by atoms with Crippen molar-refractivity contribution in [3.05, 3.63) is 65.7 Å². The van der Waals surface area contributed by atoms with Crippen LogP contribution in [0.5, 0.6) is 0 Å². The molecule has 0 bridgehead atoms. The fourth-order valence-corrected chi connectivity index (χ4v) is 2.96. The number of rotatable bonds is 12. The maximum atomic E-state index is 12.8. The molecule has 2 rings (SSSR count). The van der Waals surface area contributed by atoms with Crippen LogP contribution in [0.1, 0.15) is 74.2 Å². The highest BCUT2D eigenvalue weighted by Gasteiger charge is 2.20. The quantitative estimate of drug-likeness (QED) is 0.0967. The summed E-state index contributed by atoms with van der Waals surface area (Å²) in [5.41, 5.74) is 3.77. The van der Waals surface area contributed by atoms with Crippen LogP contribution in [0.25, 0.3) is 0 Å². The van der Waals surface area contributed by atoms with E-state index in [4.69, 9.17) is 0 Å². The van der Waals surface area contributed by atoms with Crippen molar-refractivity contribution in [3.8, 4) is 0 Å². The molecule has 0 unspecified atom stereocenters. The Morgan fingerprint density at radius 1 is 0.909 bits per heavy atom. The number of amides is 1. The van der Waals surface area contributed by atoms with Gasteiger partial charge in [0.25, 0.3) is 5.91 Å². The summed E-state index contributed by atoms with van der Waals surface area (Å²) in [6.07, 6.45) is 15.8. The summed E-state index contributed by atoms with van der Waals surface area (Å²) in [5.74, 6) is -0.566. The third kappa shape index (κ3) is 15.6. The van der Waals surface area contributed by atoms with E-state index in [0.717, 1.165) is 18.5 Å². The monoisotopic (exact) mass is 471 g/mol. The van der Waals surface area contributed by atoms with Crippen molar-refractivity contribution in [1.29, 1.82) is 0 Å². The zero-order valence-corrected chi connectivity index (χ0v) is 18.8. The molecule has 1 N–H and O–H groups in total. The Kier molecular flexibility index (Phi) is 13.6. The van der Waals surface area contributed by atoms with Crippen LogP contribution in [0.3, 0.4) is 0 Å². The molecular weight excluding hydrogens is 440 g/mol. The molecule has 33 heavy (non-hydrogen) atoms. The van der Waals surface area contributed by atoms with Gasteiger partial charge in [-0.15, -0.1) is 0 Å². The number of nitrogens with one attached hydrogen (secondary N) is 1. The van der Waals surface area contributed by atoms with E-state index in [0.29, 0.717) is 5.56 Å². The van der Waals surface area contributed by atoms with E-state index in [-0.39, 0.29) is 11.7 Å². The van der Waals surface area contributed by atoms with Gasteiger partial charge in [0.05, 0.1) is 11.8 Å². The second kappa shape index (κ2) is 15.9. The predicted molar refractivity (Wildman–Crippen MR) is 121 cm³/mol. The number of carbonyl (C=O) groups excluding carboxylic acids is 1. The number of hydrogen-bond acceptors (Lipinski definition) is 2. The normalized spacial score (nSPS) is 11.2. The predicted octanol–water partition coefficient (Wildman–Crippen LogP) is 6.32. The van der Waals surface area contributed by atoms with Crippen molar-refractivity contribution < 1.29 is 31.0 Å². The van der Waals surface area contributed by atoms with Gasteiger partial charge in [-0.25, -0.2) is 14.4 Å². The van der Waals surface area contributed by atoms with Crippen LogP contribution in [0, 0.1) is 5.82 Å². The third-order valence-corrected chi connectivity index (χ3v) is 4.67. The fraction of sp³-hybridized carbons (Fsp3) is 0.435. The Morgan fingerprint density at radius 2 is 1.42 bits per heavy atom. The Hall–Kier alpha value is -2.78. The lowest BCUT2D eigenvalue weighted by Gasteiger charge is -2.01. The third-order valence-electron chi connectivity index (χ3n) is 4.67. The lowest BCUT2D eigenvalue weighted by molar-refractivity contribution is -0.697. The number of pyridine rings is 1. The highest BCUT2D eigenvalue weighted by atomic mass is 19.5. The van der Waals surface area contributed by atoms with Crippen LogP contribution in [0.2, 0.25) is 0 Å². The Balaban J connectivity index is 0.000000981. The highest BCUT2D eigenvalue weighted by molar-refractivity contribution is 6.50. The van der Waals surface area contributed by atoms with Crippen LogP contribution in [-0.2, 0) is 6.54 Å². The molecule has 4 nitrogen and oxygen atoms in total. The average molecular weight is 471 g/mol. The van der Waals surface area contributed by atoms with E-state index in [1.807, 2.05) is 12.4 Å². The number of aryl methyl sites for hydroxylation is 1. The van der Waals surface area contributed by atoms with E-state index in [1.165, 1.54) is 63.3 Å². The zero-order chi connectivity index (χ0) is 24.5. The number of halogens is 5. The van der Waals surface area contributed by atoms with Crippen molar-refractivity contribution in [2.75, 3.05) is 0 Å². The average Bonchev–Trinajstić information content (AvgIpc) is 2.76. The minimum atomic E-state index is -6.00. The van der Waals surface area contributed by atoms with Crippen LogP contribution in [-0.4, -0.2) is 19.4 Å². The minimum Gasteiger partial charge on any atom is -0.418 e. The second-order valence-corrected chi connectivity index (χ2v) is 7.55. The lowest BCUT2D eigenvalue weighted by atomic mass is 10.1. The smallest absolute Gasteiger partial charge is 0.418 e. The molecule has 0 fully saturated rings. The molecule has 2 aromatic rings. The summed E-state index contributed by atoms with van der Waals surface area (Å²) in [6.45, 7) is 3.22. The standard InChI is InChI=1S/C23H30FN3O.BF4/c1-2-3-4-5-6-7-8-9-16-27-17-14-21(15-18-27)23(28)26-25-19-20-10-12-22(24)13-11-20;2-1(3,4)5/h10-15,17-19H,2-9,16H2,1H3;/q;-1/p+1. The van der Waals surface area contributed by atoms with Gasteiger partial charge in [-0.05, 0) is 24.1 Å². The first-order valence-electron chi connectivity index (χ1n) is 11.1. The summed E-state index contributed by atoms with van der Waals surface area (Å²) < 4.78 is 54.0. The maximum absolute atomic E-state index is 12.8. The summed E-state index contributed by atoms with van der Waals surface area (Å²) >= 11 is 0. The van der Waals surface area contributed by atoms with Gasteiger partial charge in [-0.3, -0.25) is 4.79 Å². The molecule has 182 valence electrons. The van der Waals surface area contributed by atoms with Crippen molar-refractivity contribution in [1.82, 2.24) is 5.43 Å². The molecule has 0 aliphatic carbocycles. The molecule has 0 aliphatic heterocycles. The van der Waals surface area contributed by atoms with Crippen LogP contribution in [0.4, 0.5) is 21.7 Å². The topological polar surface area (TPSA) is 45.3 Å². The number of hydrazone groups is 1. The molecular formula is C23H31BF5N3O. The van der Waals surface area contributed by atoms with Crippen molar-refractivity contribution in [3.63, 3.8) is 0 Å². The Labute approximate surface area is 192 Å². The molecule has 0 atom stereocenters. The summed E-state index contributed by atoms with van der Waals surface area (Å²) in [4.78, 5) is 12.1. The summed E-state index contributed by atoms with van der Waals surface area (Å²) in [6, 6.07) is 9.50. The number of carbonyl (C=O) groups is 1. The molecule has 1 amide bonds. The Morgan fingerprint density at radius 3 is 1.97 bits per heavy atom. The molecule has 1 aromatic carbocycles. The second-order valence-electron chi connectivity index (χ2n) is 7.55. The van der Waals surface area contributed by atoms with Crippen LogP contribution in [0.15, 0.2) is 53.9 Å². The largest absolute Gasteiger partial charge is 0.673 e. The SMILES string of the molecule is CCCCCCCCCC[n+]1ccc(C(=O)NN=Cc2ccc(F)cc2)cc1.F[B-](F)(F)F.